The Morgan fingerprint density at radius 1 is 1.18 bits per heavy atom. The van der Waals surface area contributed by atoms with Crippen molar-refractivity contribution in [3.63, 3.8) is 0 Å². The van der Waals surface area contributed by atoms with Gasteiger partial charge in [-0.05, 0) is 68.0 Å². The van der Waals surface area contributed by atoms with Crippen molar-refractivity contribution in [3.8, 4) is 0 Å². The summed E-state index contributed by atoms with van der Waals surface area (Å²) in [6.07, 6.45) is 7.06. The number of nitrogens with zero attached hydrogens (tertiary/aromatic N) is 2. The second-order valence-corrected chi connectivity index (χ2v) is 9.31. The molecule has 1 aromatic carbocycles. The van der Waals surface area contributed by atoms with Gasteiger partial charge in [-0.15, -0.1) is 0 Å². The van der Waals surface area contributed by atoms with Gasteiger partial charge in [0, 0.05) is 37.1 Å². The fourth-order valence-corrected chi connectivity index (χ4v) is 4.53. The molecule has 2 aromatic rings. The first kappa shape index (κ1) is 24.5. The molecule has 0 unspecified atom stereocenters. The molecule has 1 aliphatic carbocycles. The molecule has 4 rings (SSSR count). The number of carbonyl (C=O) groups excluding carboxylic acids is 1. The number of aromatic nitrogens is 2. The van der Waals surface area contributed by atoms with E-state index in [1.54, 1.807) is 24.3 Å². The van der Waals surface area contributed by atoms with Crippen LogP contribution in [-0.2, 0) is 28.3 Å². The van der Waals surface area contributed by atoms with Crippen LogP contribution in [0.5, 0.6) is 0 Å². The number of benzene rings is 1. The lowest BCUT2D eigenvalue weighted by atomic mass is 10.0. The standard InChI is InChI=1S/C26H28ClF2N3O2/c1-16(19-6-3-7-20(15-19)26(2,28)29)30-24-22-13-18(14-23(22)31-25(27)32-24)12-21(33)11-17-5-4-9-34-10-8-17/h3,6-7,11-12,15-16H,4-5,8-10,13-14H2,1-2H3,(H,30,31,32)/b17-11-,18-12+/t16-/m1/s1. The maximum atomic E-state index is 13.8. The quantitative estimate of drug-likeness (QED) is 0.392. The second-order valence-electron chi connectivity index (χ2n) is 8.97. The maximum Gasteiger partial charge on any atom is 0.270 e. The molecule has 2 aliphatic rings. The Labute approximate surface area is 203 Å². The van der Waals surface area contributed by atoms with Gasteiger partial charge in [-0.3, -0.25) is 4.79 Å². The van der Waals surface area contributed by atoms with Crippen molar-refractivity contribution in [1.29, 1.82) is 0 Å². The molecule has 8 heteroatoms. The molecule has 2 heterocycles. The molecule has 0 bridgehead atoms. The third kappa shape index (κ3) is 6.07. The molecule has 1 N–H and O–H groups in total. The third-order valence-electron chi connectivity index (χ3n) is 6.16. The van der Waals surface area contributed by atoms with Gasteiger partial charge in [0.05, 0.1) is 12.3 Å². The zero-order valence-electron chi connectivity index (χ0n) is 19.3. The third-order valence-corrected chi connectivity index (χ3v) is 6.33. The summed E-state index contributed by atoms with van der Waals surface area (Å²) < 4.78 is 33.0. The molecular formula is C26H28ClF2N3O2. The van der Waals surface area contributed by atoms with Gasteiger partial charge in [-0.1, -0.05) is 29.3 Å². The Balaban J connectivity index is 1.51. The molecule has 180 valence electrons. The highest BCUT2D eigenvalue weighted by Gasteiger charge is 2.26. The van der Waals surface area contributed by atoms with Crippen molar-refractivity contribution in [2.24, 2.45) is 0 Å². The van der Waals surface area contributed by atoms with Gasteiger partial charge >= 0.3 is 0 Å². The minimum atomic E-state index is -2.92. The summed E-state index contributed by atoms with van der Waals surface area (Å²) in [5, 5.41) is 3.41. The number of nitrogens with one attached hydrogen (secondary N) is 1. The van der Waals surface area contributed by atoms with E-state index in [2.05, 4.69) is 15.3 Å². The highest BCUT2D eigenvalue weighted by Crippen LogP contribution is 2.34. The molecule has 0 saturated carbocycles. The first-order valence-corrected chi connectivity index (χ1v) is 11.9. The monoisotopic (exact) mass is 487 g/mol. The number of fused-ring (bicyclic) bond motifs is 1. The number of rotatable bonds is 6. The lowest BCUT2D eigenvalue weighted by Gasteiger charge is -2.19. The highest BCUT2D eigenvalue weighted by molar-refractivity contribution is 6.28. The van der Waals surface area contributed by atoms with E-state index in [-0.39, 0.29) is 22.7 Å². The van der Waals surface area contributed by atoms with Gasteiger partial charge < -0.3 is 10.1 Å². The number of allylic oxidation sites excluding steroid dienone is 3. The minimum absolute atomic E-state index is 0.0288. The van der Waals surface area contributed by atoms with Crippen molar-refractivity contribution in [2.75, 3.05) is 18.5 Å². The van der Waals surface area contributed by atoms with Gasteiger partial charge in [0.2, 0.25) is 5.28 Å². The van der Waals surface area contributed by atoms with E-state index >= 15 is 0 Å². The molecule has 5 nitrogen and oxygen atoms in total. The number of hydrogen-bond acceptors (Lipinski definition) is 5. The van der Waals surface area contributed by atoms with E-state index < -0.39 is 5.92 Å². The van der Waals surface area contributed by atoms with E-state index in [9.17, 15) is 13.6 Å². The summed E-state index contributed by atoms with van der Waals surface area (Å²) in [5.41, 5.74) is 4.39. The fraction of sp³-hybridized carbons (Fsp3) is 0.423. The van der Waals surface area contributed by atoms with E-state index in [1.165, 1.54) is 12.1 Å². The summed E-state index contributed by atoms with van der Waals surface area (Å²) >= 11 is 6.17. The van der Waals surface area contributed by atoms with Crippen LogP contribution in [0.4, 0.5) is 14.6 Å². The molecule has 1 aliphatic heterocycles. The Morgan fingerprint density at radius 2 is 1.97 bits per heavy atom. The topological polar surface area (TPSA) is 64.1 Å². The number of anilines is 1. The van der Waals surface area contributed by atoms with Crippen LogP contribution in [-0.4, -0.2) is 29.0 Å². The second kappa shape index (κ2) is 10.3. The molecule has 0 spiro atoms. The number of hydrogen-bond donors (Lipinski definition) is 1. The first-order chi connectivity index (χ1) is 16.2. The predicted molar refractivity (Wildman–Crippen MR) is 128 cm³/mol. The summed E-state index contributed by atoms with van der Waals surface area (Å²) in [4.78, 5) is 21.3. The molecule has 0 radical (unpaired) electrons. The van der Waals surface area contributed by atoms with E-state index in [0.717, 1.165) is 55.2 Å². The van der Waals surface area contributed by atoms with Crippen molar-refractivity contribution < 1.29 is 18.3 Å². The predicted octanol–water partition coefficient (Wildman–Crippen LogP) is 6.14. The van der Waals surface area contributed by atoms with E-state index in [0.29, 0.717) is 30.8 Å². The lowest BCUT2D eigenvalue weighted by Crippen LogP contribution is -2.13. The number of ether oxygens (including phenoxy) is 1. The molecule has 34 heavy (non-hydrogen) atoms. The van der Waals surface area contributed by atoms with Crippen LogP contribution in [0, 0.1) is 0 Å². The Bertz CT molecular complexity index is 1130. The fourth-order valence-electron chi connectivity index (χ4n) is 4.35. The van der Waals surface area contributed by atoms with Crippen molar-refractivity contribution in [3.05, 3.63) is 75.2 Å². The van der Waals surface area contributed by atoms with Crippen LogP contribution in [0.25, 0.3) is 0 Å². The average Bonchev–Trinajstić information content (AvgIpc) is 2.99. The summed E-state index contributed by atoms with van der Waals surface area (Å²) in [7, 11) is 0. The largest absolute Gasteiger partial charge is 0.381 e. The van der Waals surface area contributed by atoms with Gasteiger partial charge in [0.1, 0.15) is 5.82 Å². The first-order valence-electron chi connectivity index (χ1n) is 11.5. The van der Waals surface area contributed by atoms with E-state index in [4.69, 9.17) is 16.3 Å². The van der Waals surface area contributed by atoms with Crippen LogP contribution < -0.4 is 5.32 Å². The zero-order chi connectivity index (χ0) is 24.3. The van der Waals surface area contributed by atoms with Crippen molar-refractivity contribution >= 4 is 23.2 Å². The van der Waals surface area contributed by atoms with Gasteiger partial charge in [0.25, 0.3) is 5.92 Å². The highest BCUT2D eigenvalue weighted by atomic mass is 35.5. The van der Waals surface area contributed by atoms with Crippen LogP contribution in [0.3, 0.4) is 0 Å². The smallest absolute Gasteiger partial charge is 0.270 e. The molecule has 1 fully saturated rings. The number of alkyl halides is 2. The average molecular weight is 488 g/mol. The van der Waals surface area contributed by atoms with Crippen molar-refractivity contribution in [2.45, 2.75) is 57.9 Å². The number of ketones is 1. The molecular weight excluding hydrogens is 460 g/mol. The van der Waals surface area contributed by atoms with E-state index in [1.807, 2.05) is 6.92 Å². The van der Waals surface area contributed by atoms with Gasteiger partial charge in [-0.2, -0.15) is 0 Å². The van der Waals surface area contributed by atoms with Gasteiger partial charge in [-0.25, -0.2) is 18.7 Å². The van der Waals surface area contributed by atoms with Crippen LogP contribution >= 0.6 is 11.6 Å². The van der Waals surface area contributed by atoms with Crippen LogP contribution in [0.15, 0.2) is 47.6 Å². The lowest BCUT2D eigenvalue weighted by molar-refractivity contribution is -0.110. The minimum Gasteiger partial charge on any atom is -0.381 e. The number of carbonyl (C=O) groups is 1. The summed E-state index contributed by atoms with van der Waals surface area (Å²) in [6.45, 7) is 4.16. The molecule has 0 amide bonds. The summed E-state index contributed by atoms with van der Waals surface area (Å²) in [6, 6.07) is 6.05. The molecule has 1 atom stereocenters. The van der Waals surface area contributed by atoms with Gasteiger partial charge in [0.15, 0.2) is 5.78 Å². The Kier molecular flexibility index (Phi) is 7.43. The van der Waals surface area contributed by atoms with Crippen LogP contribution in [0.1, 0.15) is 61.5 Å². The summed E-state index contributed by atoms with van der Waals surface area (Å²) in [5.74, 6) is -2.38. The Morgan fingerprint density at radius 3 is 2.76 bits per heavy atom. The Hall–Kier alpha value is -2.64. The zero-order valence-corrected chi connectivity index (χ0v) is 20.1. The van der Waals surface area contributed by atoms with Crippen molar-refractivity contribution in [1.82, 2.24) is 9.97 Å². The molecule has 1 saturated heterocycles. The maximum absolute atomic E-state index is 13.8. The molecule has 1 aromatic heterocycles. The SMILES string of the molecule is C[C@@H](Nc1nc(Cl)nc2c1C/C(=C\C(=O)/C=C1/CCCOCC1)C2)c1cccc(C(C)(F)F)c1. The van der Waals surface area contributed by atoms with Crippen LogP contribution in [0.2, 0.25) is 5.28 Å². The number of halogens is 3. The normalized spacial score (nSPS) is 19.7.